The average Bonchev–Trinajstić information content (AvgIpc) is 2.94. The summed E-state index contributed by atoms with van der Waals surface area (Å²) in [4.78, 5) is 12.3. The first kappa shape index (κ1) is 15.6. The minimum absolute atomic E-state index is 0.229. The van der Waals surface area contributed by atoms with E-state index in [1.165, 1.54) is 5.56 Å². The van der Waals surface area contributed by atoms with E-state index in [1.807, 2.05) is 32.0 Å². The lowest BCUT2D eigenvalue weighted by Crippen LogP contribution is -2.30. The Morgan fingerprint density at radius 1 is 1.26 bits per heavy atom. The molecule has 3 rings (SSSR count). The number of ether oxygens (including phenoxy) is 1. The van der Waals surface area contributed by atoms with E-state index in [9.17, 15) is 4.79 Å². The van der Waals surface area contributed by atoms with Crippen LogP contribution < -0.4 is 10.1 Å². The summed E-state index contributed by atoms with van der Waals surface area (Å²) < 4.78 is 11.0. The number of fused-ring (bicyclic) bond motifs is 1. The van der Waals surface area contributed by atoms with Gasteiger partial charge in [-0.3, -0.25) is 10.1 Å². The third-order valence-corrected chi connectivity index (χ3v) is 4.36. The molecule has 1 atom stereocenters. The number of carbonyl (C=O) groups excluding carboxylic acids is 1. The molecule has 5 nitrogen and oxygen atoms in total. The normalized spacial score (nSPS) is 14.9. The first-order valence-electron chi connectivity index (χ1n) is 8.07. The van der Waals surface area contributed by atoms with Crippen molar-refractivity contribution in [1.29, 1.82) is 0 Å². The number of hydrogen-bond donors (Lipinski definition) is 1. The second kappa shape index (κ2) is 6.44. The van der Waals surface area contributed by atoms with Crippen molar-refractivity contribution < 1.29 is 14.1 Å². The van der Waals surface area contributed by atoms with Crippen LogP contribution in [0.2, 0.25) is 0 Å². The summed E-state index contributed by atoms with van der Waals surface area (Å²) >= 11 is 0. The Kier molecular flexibility index (Phi) is 4.37. The molecule has 0 saturated heterocycles. The first-order valence-corrected chi connectivity index (χ1v) is 8.07. The van der Waals surface area contributed by atoms with E-state index in [0.29, 0.717) is 11.6 Å². The molecule has 2 aromatic rings. The van der Waals surface area contributed by atoms with Gasteiger partial charge in [-0.2, -0.15) is 0 Å². The van der Waals surface area contributed by atoms with Crippen molar-refractivity contribution >= 4 is 11.8 Å². The smallest absolute Gasteiger partial charge is 0.267 e. The third kappa shape index (κ3) is 3.38. The molecule has 0 radical (unpaired) electrons. The van der Waals surface area contributed by atoms with Gasteiger partial charge in [0.25, 0.3) is 5.91 Å². The van der Waals surface area contributed by atoms with Crippen molar-refractivity contribution in [2.45, 2.75) is 52.6 Å². The van der Waals surface area contributed by atoms with E-state index in [0.717, 1.165) is 42.5 Å². The number of rotatable bonds is 4. The highest BCUT2D eigenvalue weighted by atomic mass is 16.5. The van der Waals surface area contributed by atoms with Crippen LogP contribution in [0.4, 0.5) is 5.88 Å². The van der Waals surface area contributed by atoms with Crippen molar-refractivity contribution in [3.8, 4) is 5.75 Å². The molecule has 1 aromatic carbocycles. The van der Waals surface area contributed by atoms with Crippen molar-refractivity contribution in [3.05, 3.63) is 40.6 Å². The zero-order valence-electron chi connectivity index (χ0n) is 13.8. The Balaban J connectivity index is 1.65. The van der Waals surface area contributed by atoms with Crippen LogP contribution in [0.25, 0.3) is 0 Å². The lowest BCUT2D eigenvalue weighted by Gasteiger charge is -2.15. The van der Waals surface area contributed by atoms with E-state index in [2.05, 4.69) is 10.5 Å². The number of hydrogen-bond acceptors (Lipinski definition) is 4. The molecular formula is C18H22N2O3. The van der Waals surface area contributed by atoms with Crippen LogP contribution in [0.5, 0.6) is 5.75 Å². The quantitative estimate of drug-likeness (QED) is 0.937. The van der Waals surface area contributed by atoms with Crippen LogP contribution in [0.15, 0.2) is 22.7 Å². The number of nitrogens with zero attached hydrogens (tertiary/aromatic N) is 1. The average molecular weight is 314 g/mol. The van der Waals surface area contributed by atoms with Crippen LogP contribution >= 0.6 is 0 Å². The molecule has 1 aromatic heterocycles. The lowest BCUT2D eigenvalue weighted by atomic mass is 9.98. The SMILES string of the molecule is Cc1ccc(O[C@@H](C)C(=O)Nc2onc3c2CCCC3)cc1C. The zero-order chi connectivity index (χ0) is 16.4. The minimum Gasteiger partial charge on any atom is -0.481 e. The number of amides is 1. The van der Waals surface area contributed by atoms with Crippen molar-refractivity contribution in [1.82, 2.24) is 5.16 Å². The molecule has 23 heavy (non-hydrogen) atoms. The number of anilines is 1. The summed E-state index contributed by atoms with van der Waals surface area (Å²) in [6.07, 6.45) is 3.44. The van der Waals surface area contributed by atoms with Gasteiger partial charge in [-0.15, -0.1) is 0 Å². The van der Waals surface area contributed by atoms with Gasteiger partial charge >= 0.3 is 0 Å². The van der Waals surface area contributed by atoms with Gasteiger partial charge in [0.15, 0.2) is 6.10 Å². The maximum atomic E-state index is 12.3. The van der Waals surface area contributed by atoms with Crippen LogP contribution in [0.1, 0.15) is 42.1 Å². The van der Waals surface area contributed by atoms with Gasteiger partial charge in [-0.25, -0.2) is 0 Å². The topological polar surface area (TPSA) is 64.4 Å². The molecular weight excluding hydrogens is 292 g/mol. The van der Waals surface area contributed by atoms with Gasteiger partial charge in [0, 0.05) is 5.56 Å². The first-order chi connectivity index (χ1) is 11.0. The minimum atomic E-state index is -0.610. The summed E-state index contributed by atoms with van der Waals surface area (Å²) in [7, 11) is 0. The van der Waals surface area contributed by atoms with E-state index >= 15 is 0 Å². The fourth-order valence-corrected chi connectivity index (χ4v) is 2.75. The number of nitrogens with one attached hydrogen (secondary N) is 1. The molecule has 5 heteroatoms. The fourth-order valence-electron chi connectivity index (χ4n) is 2.75. The molecule has 1 N–H and O–H groups in total. The van der Waals surface area contributed by atoms with Gasteiger partial charge in [0.1, 0.15) is 5.75 Å². The monoisotopic (exact) mass is 314 g/mol. The van der Waals surface area contributed by atoms with Gasteiger partial charge < -0.3 is 9.26 Å². The van der Waals surface area contributed by atoms with Gasteiger partial charge in [-0.1, -0.05) is 11.2 Å². The predicted octanol–water partition coefficient (Wildman–Crippen LogP) is 3.58. The van der Waals surface area contributed by atoms with Crippen LogP contribution in [-0.4, -0.2) is 17.2 Å². The summed E-state index contributed by atoms with van der Waals surface area (Å²) in [6.45, 7) is 5.80. The molecule has 1 aliphatic carbocycles. The lowest BCUT2D eigenvalue weighted by molar-refractivity contribution is -0.122. The standard InChI is InChI=1S/C18H22N2O3/c1-11-8-9-14(10-12(11)2)22-13(3)17(21)19-18-15-6-4-5-7-16(15)20-23-18/h8-10,13H,4-7H2,1-3H3,(H,19,21)/t13-/m0/s1. The summed E-state index contributed by atoms with van der Waals surface area (Å²) in [5.41, 5.74) is 4.33. The molecule has 1 amide bonds. The van der Waals surface area contributed by atoms with E-state index in [-0.39, 0.29) is 5.91 Å². The third-order valence-electron chi connectivity index (χ3n) is 4.36. The summed E-state index contributed by atoms with van der Waals surface area (Å²) in [5, 5.41) is 6.85. The van der Waals surface area contributed by atoms with Crippen LogP contribution in [0, 0.1) is 13.8 Å². The number of carbonyl (C=O) groups is 1. The molecule has 1 aliphatic rings. The molecule has 0 bridgehead atoms. The Hall–Kier alpha value is -2.30. The molecule has 0 aliphatic heterocycles. The van der Waals surface area contributed by atoms with Crippen molar-refractivity contribution in [2.24, 2.45) is 0 Å². The molecule has 122 valence electrons. The van der Waals surface area contributed by atoms with Gasteiger partial charge in [-0.05, 0) is 69.7 Å². The Bertz CT molecular complexity index is 721. The van der Waals surface area contributed by atoms with Crippen LogP contribution in [0.3, 0.4) is 0 Å². The van der Waals surface area contributed by atoms with Crippen molar-refractivity contribution in [3.63, 3.8) is 0 Å². The van der Waals surface area contributed by atoms with Gasteiger partial charge in [0.05, 0.1) is 5.69 Å². The van der Waals surface area contributed by atoms with Gasteiger partial charge in [0.2, 0.25) is 5.88 Å². The van der Waals surface area contributed by atoms with Crippen molar-refractivity contribution in [2.75, 3.05) is 5.32 Å². The zero-order valence-corrected chi connectivity index (χ0v) is 13.8. The highest BCUT2D eigenvalue weighted by molar-refractivity contribution is 5.93. The number of benzene rings is 1. The summed E-state index contributed by atoms with van der Waals surface area (Å²) in [5.74, 6) is 0.934. The number of aryl methyl sites for hydroxylation is 3. The fraction of sp³-hybridized carbons (Fsp3) is 0.444. The van der Waals surface area contributed by atoms with Crippen LogP contribution in [-0.2, 0) is 17.6 Å². The van der Waals surface area contributed by atoms with E-state index in [1.54, 1.807) is 6.92 Å². The summed E-state index contributed by atoms with van der Waals surface area (Å²) in [6, 6.07) is 5.81. The highest BCUT2D eigenvalue weighted by Crippen LogP contribution is 2.27. The highest BCUT2D eigenvalue weighted by Gasteiger charge is 2.23. The molecule has 0 unspecified atom stereocenters. The molecule has 0 spiro atoms. The maximum Gasteiger partial charge on any atom is 0.267 e. The number of aromatic nitrogens is 1. The molecule has 0 fully saturated rings. The predicted molar refractivity (Wildman–Crippen MR) is 87.8 cm³/mol. The van der Waals surface area contributed by atoms with E-state index < -0.39 is 6.10 Å². The second-order valence-electron chi connectivity index (χ2n) is 6.14. The largest absolute Gasteiger partial charge is 0.481 e. The molecule has 0 saturated carbocycles. The maximum absolute atomic E-state index is 12.3. The second-order valence-corrected chi connectivity index (χ2v) is 6.14. The Labute approximate surface area is 136 Å². The Morgan fingerprint density at radius 2 is 2.04 bits per heavy atom. The van der Waals surface area contributed by atoms with E-state index in [4.69, 9.17) is 9.26 Å². The Morgan fingerprint density at radius 3 is 2.83 bits per heavy atom. The molecule has 1 heterocycles.